The van der Waals surface area contributed by atoms with Crippen LogP contribution in [0.15, 0.2) is 47.5 Å². The molecule has 0 N–H and O–H groups in total. The Morgan fingerprint density at radius 1 is 1.04 bits per heavy atom. The lowest BCUT2D eigenvalue weighted by atomic mass is 9.94. The maximum absolute atomic E-state index is 14.4. The Balaban J connectivity index is 1.72. The number of carbonyl (C=O) groups excluding carboxylic acids is 1. The molecule has 1 fully saturated rings. The van der Waals surface area contributed by atoms with Gasteiger partial charge in [0.05, 0.1) is 0 Å². The van der Waals surface area contributed by atoms with Gasteiger partial charge in [0, 0.05) is 24.9 Å². The van der Waals surface area contributed by atoms with Crippen molar-refractivity contribution in [2.75, 3.05) is 13.6 Å². The molecular formula is C20H18F2N2O. The number of amides is 1. The molecule has 0 saturated carbocycles. The lowest BCUT2D eigenvalue weighted by Gasteiger charge is -2.17. The van der Waals surface area contributed by atoms with Crippen LogP contribution in [0.2, 0.25) is 0 Å². The van der Waals surface area contributed by atoms with E-state index in [1.54, 1.807) is 36.2 Å². The number of carbonyl (C=O) groups is 1. The molecule has 0 radical (unpaired) electrons. The third-order valence-electron chi connectivity index (χ3n) is 5.18. The molecule has 4 rings (SSSR count). The van der Waals surface area contributed by atoms with Gasteiger partial charge < -0.3 is 4.90 Å². The number of hydrogen-bond acceptors (Lipinski definition) is 2. The third kappa shape index (κ3) is 2.64. The number of rotatable bonds is 2. The highest BCUT2D eigenvalue weighted by Crippen LogP contribution is 2.38. The van der Waals surface area contributed by atoms with Crippen molar-refractivity contribution in [1.29, 1.82) is 0 Å². The highest BCUT2D eigenvalue weighted by atomic mass is 19.1. The van der Waals surface area contributed by atoms with Gasteiger partial charge in [-0.2, -0.15) is 0 Å². The van der Waals surface area contributed by atoms with E-state index < -0.39 is 5.54 Å². The molecule has 2 aliphatic heterocycles. The quantitative estimate of drug-likeness (QED) is 0.818. The first kappa shape index (κ1) is 15.9. The zero-order valence-corrected chi connectivity index (χ0v) is 13.9. The molecule has 1 saturated heterocycles. The van der Waals surface area contributed by atoms with Gasteiger partial charge >= 0.3 is 0 Å². The van der Waals surface area contributed by atoms with Gasteiger partial charge in [-0.25, -0.2) is 8.78 Å². The molecular weight excluding hydrogens is 322 g/mol. The summed E-state index contributed by atoms with van der Waals surface area (Å²) >= 11 is 0. The number of likely N-dealkylation sites (tertiary alicyclic amines) is 1. The Labute approximate surface area is 145 Å². The van der Waals surface area contributed by atoms with Crippen LogP contribution in [0, 0.1) is 11.6 Å². The van der Waals surface area contributed by atoms with Crippen molar-refractivity contribution < 1.29 is 13.6 Å². The fraction of sp³-hybridized carbons (Fsp3) is 0.300. The van der Waals surface area contributed by atoms with Crippen LogP contribution in [0.25, 0.3) is 11.1 Å². The van der Waals surface area contributed by atoms with Gasteiger partial charge in [0.1, 0.15) is 17.2 Å². The summed E-state index contributed by atoms with van der Waals surface area (Å²) in [5, 5.41) is 0. The Bertz CT molecular complexity index is 876. The number of benzene rings is 2. The van der Waals surface area contributed by atoms with Gasteiger partial charge in [-0.1, -0.05) is 18.2 Å². The second kappa shape index (κ2) is 5.76. The molecule has 1 atom stereocenters. The van der Waals surface area contributed by atoms with E-state index >= 15 is 0 Å². The van der Waals surface area contributed by atoms with Gasteiger partial charge in [0.15, 0.2) is 0 Å². The predicted octanol–water partition coefficient (Wildman–Crippen LogP) is 3.82. The van der Waals surface area contributed by atoms with E-state index in [0.717, 1.165) is 11.1 Å². The van der Waals surface area contributed by atoms with E-state index in [9.17, 15) is 13.6 Å². The number of halogens is 2. The average molecular weight is 340 g/mol. The van der Waals surface area contributed by atoms with Gasteiger partial charge in [-0.15, -0.1) is 0 Å². The molecule has 128 valence electrons. The van der Waals surface area contributed by atoms with E-state index in [-0.39, 0.29) is 17.5 Å². The van der Waals surface area contributed by atoms with Crippen LogP contribution in [0.3, 0.4) is 0 Å². The number of nitrogens with zero attached hydrogens (tertiary/aromatic N) is 2. The molecule has 2 aromatic rings. The standard InChI is InChI=1S/C20H18F2N2O/c1-24-11-10-20(19(24)25)9-8-18(23-20)16-12-14(4-7-17(16)22)13-2-5-15(21)6-3-13/h2-7,12H,8-11H2,1H3. The smallest absolute Gasteiger partial charge is 0.250 e. The van der Waals surface area contributed by atoms with Crippen molar-refractivity contribution in [1.82, 2.24) is 4.90 Å². The number of likely N-dealkylation sites (N-methyl/N-ethyl adjacent to an activating group) is 1. The van der Waals surface area contributed by atoms with Crippen LogP contribution in [0.5, 0.6) is 0 Å². The fourth-order valence-electron chi connectivity index (χ4n) is 3.71. The lowest BCUT2D eigenvalue weighted by Crippen LogP contribution is -2.35. The van der Waals surface area contributed by atoms with Crippen molar-refractivity contribution in [2.45, 2.75) is 24.8 Å². The maximum atomic E-state index is 14.4. The monoisotopic (exact) mass is 340 g/mol. The Hall–Kier alpha value is -2.56. The second-order valence-electron chi connectivity index (χ2n) is 6.77. The molecule has 5 heteroatoms. The summed E-state index contributed by atoms with van der Waals surface area (Å²) in [5.74, 6) is -0.630. The highest BCUT2D eigenvalue weighted by molar-refractivity contribution is 6.06. The minimum absolute atomic E-state index is 0.0256. The fourth-order valence-corrected chi connectivity index (χ4v) is 3.71. The zero-order valence-electron chi connectivity index (χ0n) is 13.9. The SMILES string of the molecule is CN1CCC2(CCC(c3cc(-c4ccc(F)cc4)ccc3F)=N2)C1=O. The summed E-state index contributed by atoms with van der Waals surface area (Å²) in [6.45, 7) is 0.688. The van der Waals surface area contributed by atoms with Gasteiger partial charge in [0.25, 0.3) is 0 Å². The molecule has 1 amide bonds. The average Bonchev–Trinajstić information content (AvgIpc) is 3.16. The Morgan fingerprint density at radius 2 is 1.76 bits per heavy atom. The van der Waals surface area contributed by atoms with Gasteiger partial charge in [-0.3, -0.25) is 9.79 Å². The van der Waals surface area contributed by atoms with Crippen LogP contribution < -0.4 is 0 Å². The molecule has 2 aliphatic rings. The molecule has 0 bridgehead atoms. The van der Waals surface area contributed by atoms with Gasteiger partial charge in [-0.05, 0) is 54.7 Å². The molecule has 25 heavy (non-hydrogen) atoms. The van der Waals surface area contributed by atoms with Crippen molar-refractivity contribution in [2.24, 2.45) is 4.99 Å². The second-order valence-corrected chi connectivity index (χ2v) is 6.77. The first-order valence-electron chi connectivity index (χ1n) is 8.39. The van der Waals surface area contributed by atoms with E-state index in [0.29, 0.717) is 37.1 Å². The summed E-state index contributed by atoms with van der Waals surface area (Å²) in [6, 6.07) is 10.9. The van der Waals surface area contributed by atoms with Crippen molar-refractivity contribution in [3.05, 3.63) is 59.7 Å². The molecule has 0 aliphatic carbocycles. The maximum Gasteiger partial charge on any atom is 0.250 e. The molecule has 3 nitrogen and oxygen atoms in total. The molecule has 0 aromatic heterocycles. The van der Waals surface area contributed by atoms with E-state index in [1.807, 2.05) is 0 Å². The Kier molecular flexibility index (Phi) is 3.67. The minimum atomic E-state index is -0.706. The minimum Gasteiger partial charge on any atom is -0.344 e. The van der Waals surface area contributed by atoms with Gasteiger partial charge in [0.2, 0.25) is 5.91 Å². The summed E-state index contributed by atoms with van der Waals surface area (Å²) in [4.78, 5) is 18.7. The highest BCUT2D eigenvalue weighted by Gasteiger charge is 2.48. The van der Waals surface area contributed by atoms with E-state index in [4.69, 9.17) is 0 Å². The van der Waals surface area contributed by atoms with E-state index in [2.05, 4.69) is 4.99 Å². The van der Waals surface area contributed by atoms with Crippen molar-refractivity contribution in [3.63, 3.8) is 0 Å². The normalized spacial score (nSPS) is 22.8. The first-order chi connectivity index (χ1) is 12.0. The van der Waals surface area contributed by atoms with Crippen LogP contribution in [-0.2, 0) is 4.79 Å². The van der Waals surface area contributed by atoms with Crippen LogP contribution in [-0.4, -0.2) is 35.7 Å². The Morgan fingerprint density at radius 3 is 2.44 bits per heavy atom. The summed E-state index contributed by atoms with van der Waals surface area (Å²) in [7, 11) is 1.78. The largest absolute Gasteiger partial charge is 0.344 e. The topological polar surface area (TPSA) is 32.7 Å². The third-order valence-corrected chi connectivity index (χ3v) is 5.18. The van der Waals surface area contributed by atoms with Crippen LogP contribution >= 0.6 is 0 Å². The van der Waals surface area contributed by atoms with Crippen molar-refractivity contribution in [3.8, 4) is 11.1 Å². The van der Waals surface area contributed by atoms with Crippen LogP contribution in [0.1, 0.15) is 24.8 Å². The molecule has 1 unspecified atom stereocenters. The lowest BCUT2D eigenvalue weighted by molar-refractivity contribution is -0.130. The molecule has 1 spiro atoms. The molecule has 2 aromatic carbocycles. The van der Waals surface area contributed by atoms with Crippen LogP contribution in [0.4, 0.5) is 8.78 Å². The summed E-state index contributed by atoms with van der Waals surface area (Å²) < 4.78 is 27.5. The summed E-state index contributed by atoms with van der Waals surface area (Å²) in [5.41, 5.74) is 1.98. The zero-order chi connectivity index (χ0) is 17.6. The number of aliphatic imine (C=N–C) groups is 1. The predicted molar refractivity (Wildman–Crippen MR) is 92.6 cm³/mol. The molecule has 2 heterocycles. The first-order valence-corrected chi connectivity index (χ1v) is 8.39. The number of hydrogen-bond donors (Lipinski definition) is 0. The van der Waals surface area contributed by atoms with Crippen molar-refractivity contribution >= 4 is 11.6 Å². The summed E-state index contributed by atoms with van der Waals surface area (Å²) in [6.07, 6.45) is 1.90. The van der Waals surface area contributed by atoms with E-state index in [1.165, 1.54) is 18.2 Å².